The van der Waals surface area contributed by atoms with E-state index in [0.29, 0.717) is 5.95 Å². The third-order valence-corrected chi connectivity index (χ3v) is 9.81. The van der Waals surface area contributed by atoms with Crippen LogP contribution in [0.4, 0.5) is 0 Å². The van der Waals surface area contributed by atoms with Gasteiger partial charge in [0.1, 0.15) is 0 Å². The summed E-state index contributed by atoms with van der Waals surface area (Å²) in [5, 5.41) is 8.39. The van der Waals surface area contributed by atoms with E-state index < -0.39 is 0 Å². The molecule has 0 atom stereocenters. The maximum absolute atomic E-state index is 5.37. The first-order valence-electron chi connectivity index (χ1n) is 16.0. The Morgan fingerprint density at radius 3 is 2.13 bits per heavy atom. The molecule has 4 heterocycles. The van der Waals surface area contributed by atoms with E-state index in [1.165, 1.54) is 60.0 Å². The molecule has 0 N–H and O–H groups in total. The second-order valence-electron chi connectivity index (χ2n) is 12.3. The highest BCUT2D eigenvalue weighted by molar-refractivity contribution is 6.34. The number of para-hydroxylation sites is 3. The highest BCUT2D eigenvalue weighted by atomic mass is 15.2. The van der Waals surface area contributed by atoms with Crippen molar-refractivity contribution in [2.24, 2.45) is 0 Å². The molecule has 0 saturated heterocycles. The van der Waals surface area contributed by atoms with E-state index in [-0.39, 0.29) is 0 Å². The summed E-state index contributed by atoms with van der Waals surface area (Å²) in [6.45, 7) is 6.13. The molecule has 0 aliphatic carbocycles. The second kappa shape index (κ2) is 9.62. The van der Waals surface area contributed by atoms with Gasteiger partial charge in [0.05, 0.1) is 38.8 Å². The quantitative estimate of drug-likeness (QED) is 0.188. The van der Waals surface area contributed by atoms with Crippen LogP contribution in [0.5, 0.6) is 0 Å². The summed E-state index contributed by atoms with van der Waals surface area (Å²) in [5.74, 6) is 0.671. The minimum Gasteiger partial charge on any atom is -0.308 e. The summed E-state index contributed by atoms with van der Waals surface area (Å²) < 4.78 is 4.78. The minimum atomic E-state index is 0.671. The van der Waals surface area contributed by atoms with Crippen molar-refractivity contribution in [1.29, 1.82) is 0 Å². The van der Waals surface area contributed by atoms with Crippen molar-refractivity contribution in [3.05, 3.63) is 151 Å². The van der Waals surface area contributed by atoms with Gasteiger partial charge in [-0.1, -0.05) is 122 Å². The van der Waals surface area contributed by atoms with Crippen LogP contribution in [0.2, 0.25) is 0 Å². The van der Waals surface area contributed by atoms with E-state index in [1.807, 2.05) is 18.2 Å². The molecule has 10 rings (SSSR count). The Hall–Kier alpha value is -6.26. The van der Waals surface area contributed by atoms with E-state index in [4.69, 9.17) is 9.97 Å². The number of hydrogen-bond donors (Lipinski definition) is 0. The fraction of sp³-hybridized carbons (Fsp3) is 0.0233. The lowest BCUT2D eigenvalue weighted by Crippen LogP contribution is -2.03. The summed E-state index contributed by atoms with van der Waals surface area (Å²) in [7, 11) is 0. The van der Waals surface area contributed by atoms with E-state index in [9.17, 15) is 0 Å². The summed E-state index contributed by atoms with van der Waals surface area (Å²) in [6, 6.07) is 43.2. The number of nitrogens with zero attached hydrogens (tertiary/aromatic N) is 4. The summed E-state index contributed by atoms with van der Waals surface area (Å²) >= 11 is 0. The molecule has 0 fully saturated rings. The SMILES string of the molecule is C=C/C=C\c1ccc2c3cc4c5ccccc5n(-c5nc(-c6ccccc6)c6ccccc6n5)c4c4c5ccccc5n(c2c1C)c34. The Bertz CT molecular complexity index is 2920. The second-order valence-corrected chi connectivity index (χ2v) is 12.3. The lowest BCUT2D eigenvalue weighted by molar-refractivity contribution is 1.02. The zero-order chi connectivity index (χ0) is 31.2. The van der Waals surface area contributed by atoms with Crippen LogP contribution in [-0.2, 0) is 0 Å². The van der Waals surface area contributed by atoms with Crippen LogP contribution in [0.15, 0.2) is 140 Å². The van der Waals surface area contributed by atoms with Crippen LogP contribution >= 0.6 is 0 Å². The number of rotatable bonds is 4. The Morgan fingerprint density at radius 2 is 1.30 bits per heavy atom. The first-order valence-corrected chi connectivity index (χ1v) is 16.0. The van der Waals surface area contributed by atoms with Crippen LogP contribution in [0.1, 0.15) is 11.1 Å². The predicted octanol–water partition coefficient (Wildman–Crippen LogP) is 11.1. The van der Waals surface area contributed by atoms with Gasteiger partial charge in [-0.3, -0.25) is 4.57 Å². The molecule has 0 radical (unpaired) electrons. The molecule has 0 amide bonds. The molecule has 0 spiro atoms. The average molecular weight is 601 g/mol. The standard InChI is InChI=1S/C43H28N4/c1-3-4-14-27-23-24-30-34-25-33-29-17-9-12-21-36(29)47(42(33)38-32-19-10-13-22-37(32)46(41(34)38)40(30)26(27)2)43-44-35-20-11-8-18-31(35)39(45-43)28-15-6-5-7-16-28/h3-25H,1H2,2H3/b14-4-. The minimum absolute atomic E-state index is 0.671. The maximum Gasteiger partial charge on any atom is 0.235 e. The fourth-order valence-electron chi connectivity index (χ4n) is 7.80. The molecule has 0 aliphatic rings. The molecular weight excluding hydrogens is 573 g/mol. The smallest absolute Gasteiger partial charge is 0.235 e. The number of hydrogen-bond acceptors (Lipinski definition) is 2. The van der Waals surface area contributed by atoms with E-state index in [0.717, 1.165) is 33.2 Å². The van der Waals surface area contributed by atoms with Crippen molar-refractivity contribution in [3.63, 3.8) is 0 Å². The normalized spacial score (nSPS) is 12.4. The van der Waals surface area contributed by atoms with Crippen LogP contribution in [0, 0.1) is 6.92 Å². The van der Waals surface area contributed by atoms with Gasteiger partial charge >= 0.3 is 0 Å². The first-order chi connectivity index (χ1) is 23.2. The monoisotopic (exact) mass is 600 g/mol. The van der Waals surface area contributed by atoms with Gasteiger partial charge in [-0.2, -0.15) is 0 Å². The molecule has 0 unspecified atom stereocenters. The Morgan fingerprint density at radius 1 is 0.596 bits per heavy atom. The molecule has 220 valence electrons. The molecule has 0 saturated carbocycles. The Balaban J connectivity index is 1.43. The number of allylic oxidation sites excluding steroid dienone is 2. The van der Waals surface area contributed by atoms with Gasteiger partial charge in [0.15, 0.2) is 0 Å². The van der Waals surface area contributed by atoms with E-state index >= 15 is 0 Å². The molecule has 6 aromatic carbocycles. The van der Waals surface area contributed by atoms with Crippen LogP contribution in [0.3, 0.4) is 0 Å². The number of fused-ring (bicyclic) bond motifs is 11. The molecule has 4 nitrogen and oxygen atoms in total. The Labute approximate surface area is 270 Å². The van der Waals surface area contributed by atoms with Crippen molar-refractivity contribution in [2.45, 2.75) is 6.92 Å². The average Bonchev–Trinajstić information content (AvgIpc) is 3.76. The molecule has 10 aromatic rings. The van der Waals surface area contributed by atoms with E-state index in [2.05, 4.69) is 144 Å². The van der Waals surface area contributed by atoms with Crippen LogP contribution < -0.4 is 0 Å². The van der Waals surface area contributed by atoms with Gasteiger partial charge in [0, 0.05) is 43.3 Å². The number of aromatic nitrogens is 4. The molecule has 0 aliphatic heterocycles. The summed E-state index contributed by atoms with van der Waals surface area (Å²) in [6.07, 6.45) is 5.99. The van der Waals surface area contributed by atoms with Gasteiger partial charge in [0.2, 0.25) is 5.95 Å². The van der Waals surface area contributed by atoms with Crippen LogP contribution in [0.25, 0.3) is 94.1 Å². The summed E-state index contributed by atoms with van der Waals surface area (Å²) in [5.41, 5.74) is 11.3. The van der Waals surface area contributed by atoms with Gasteiger partial charge < -0.3 is 4.40 Å². The highest BCUT2D eigenvalue weighted by Crippen LogP contribution is 2.47. The van der Waals surface area contributed by atoms with Gasteiger partial charge in [0.25, 0.3) is 0 Å². The zero-order valence-corrected chi connectivity index (χ0v) is 25.8. The van der Waals surface area contributed by atoms with Crippen molar-refractivity contribution in [1.82, 2.24) is 18.9 Å². The van der Waals surface area contributed by atoms with Gasteiger partial charge in [-0.05, 0) is 42.3 Å². The van der Waals surface area contributed by atoms with Crippen LogP contribution in [-0.4, -0.2) is 18.9 Å². The maximum atomic E-state index is 5.37. The van der Waals surface area contributed by atoms with Crippen molar-refractivity contribution in [3.8, 4) is 17.2 Å². The molecule has 4 aromatic heterocycles. The largest absolute Gasteiger partial charge is 0.308 e. The summed E-state index contributed by atoms with van der Waals surface area (Å²) in [4.78, 5) is 10.6. The first kappa shape index (κ1) is 26.0. The lowest BCUT2D eigenvalue weighted by atomic mass is 10.0. The van der Waals surface area contributed by atoms with Gasteiger partial charge in [-0.15, -0.1) is 0 Å². The topological polar surface area (TPSA) is 35.1 Å². The highest BCUT2D eigenvalue weighted by Gasteiger charge is 2.26. The fourth-order valence-corrected chi connectivity index (χ4v) is 7.80. The van der Waals surface area contributed by atoms with Gasteiger partial charge in [-0.25, -0.2) is 9.97 Å². The third-order valence-electron chi connectivity index (χ3n) is 9.81. The molecule has 4 heteroatoms. The van der Waals surface area contributed by atoms with Crippen molar-refractivity contribution < 1.29 is 0 Å². The van der Waals surface area contributed by atoms with Crippen molar-refractivity contribution >= 4 is 76.9 Å². The predicted molar refractivity (Wildman–Crippen MR) is 198 cm³/mol. The molecule has 47 heavy (non-hydrogen) atoms. The zero-order valence-electron chi connectivity index (χ0n) is 25.8. The lowest BCUT2D eigenvalue weighted by Gasteiger charge is -2.12. The third kappa shape index (κ3) is 3.47. The number of aryl methyl sites for hydroxylation is 1. The van der Waals surface area contributed by atoms with Crippen molar-refractivity contribution in [2.75, 3.05) is 0 Å². The number of benzene rings is 6. The Kier molecular flexibility index (Phi) is 5.32. The van der Waals surface area contributed by atoms with E-state index in [1.54, 1.807) is 0 Å². The molecular formula is C43H28N4. The molecule has 0 bridgehead atoms.